The molecule has 3 aromatic rings. The van der Waals surface area contributed by atoms with E-state index in [-0.39, 0.29) is 0 Å². The first-order valence-electron chi connectivity index (χ1n) is 12.5. The van der Waals surface area contributed by atoms with Gasteiger partial charge in [-0.25, -0.2) is 4.79 Å². The second kappa shape index (κ2) is 11.3. The Kier molecular flexibility index (Phi) is 8.49. The molecule has 1 aliphatic rings. The van der Waals surface area contributed by atoms with Crippen molar-refractivity contribution in [2.75, 3.05) is 6.61 Å². The van der Waals surface area contributed by atoms with E-state index >= 15 is 0 Å². The molecule has 9 nitrogen and oxygen atoms in total. The molecule has 3 atom stereocenters. The molecule has 1 fully saturated rings. The Labute approximate surface area is 234 Å². The highest BCUT2D eigenvalue weighted by Gasteiger charge is 2.54. The number of benzene rings is 2. The third-order valence-electron chi connectivity index (χ3n) is 6.83. The standard InChI is InChI=1S/C26H28F4N2O7SSi/c1-25(2,3)41(17-10-6-4-7-11-17,18-12-8-5-9-13-18)37-16-21-20(39-40(35,36)26(28,29)30)14-22(38-21)32-15-19(27)23(33)31-24(32)34/h4-13,15,20-22H,14,16H2,1-3H3,(H,31,33,34)/t20-,21+,22-/m0/s1. The number of aromatic amines is 1. The largest absolute Gasteiger partial charge is 0.523 e. The van der Waals surface area contributed by atoms with Gasteiger partial charge < -0.3 is 9.16 Å². The number of ether oxygens (including phenoxy) is 1. The molecule has 4 rings (SSSR count). The van der Waals surface area contributed by atoms with Crippen molar-refractivity contribution in [3.8, 4) is 0 Å². The first-order chi connectivity index (χ1) is 19.1. The third-order valence-corrected chi connectivity index (χ3v) is 12.9. The normalized spacial score (nSPS) is 20.3. The lowest BCUT2D eigenvalue weighted by molar-refractivity contribution is -0.0658. The minimum atomic E-state index is -6.07. The highest BCUT2D eigenvalue weighted by Crippen LogP contribution is 2.39. The van der Waals surface area contributed by atoms with Crippen LogP contribution in [-0.4, -0.2) is 50.6 Å². The van der Waals surface area contributed by atoms with Crippen LogP contribution in [0.4, 0.5) is 17.6 Å². The molecule has 41 heavy (non-hydrogen) atoms. The van der Waals surface area contributed by atoms with Crippen LogP contribution in [0.1, 0.15) is 33.4 Å². The maximum Gasteiger partial charge on any atom is 0.523 e. The van der Waals surface area contributed by atoms with Crippen LogP contribution in [0.15, 0.2) is 76.4 Å². The van der Waals surface area contributed by atoms with Gasteiger partial charge in [0.25, 0.3) is 13.9 Å². The van der Waals surface area contributed by atoms with Gasteiger partial charge in [0.15, 0.2) is 0 Å². The van der Waals surface area contributed by atoms with Gasteiger partial charge in [-0.2, -0.15) is 26.0 Å². The highest BCUT2D eigenvalue weighted by atomic mass is 32.2. The lowest BCUT2D eigenvalue weighted by atomic mass is 10.2. The van der Waals surface area contributed by atoms with Crippen LogP contribution in [0, 0.1) is 5.82 Å². The monoisotopic (exact) mass is 616 g/mol. The Morgan fingerprint density at radius 3 is 2.02 bits per heavy atom. The highest BCUT2D eigenvalue weighted by molar-refractivity contribution is 7.87. The molecule has 1 N–H and O–H groups in total. The van der Waals surface area contributed by atoms with Crippen LogP contribution in [-0.2, 0) is 23.5 Å². The van der Waals surface area contributed by atoms with E-state index in [1.807, 2.05) is 81.4 Å². The van der Waals surface area contributed by atoms with E-state index in [1.165, 1.54) is 0 Å². The molecule has 1 aromatic heterocycles. The maximum absolute atomic E-state index is 14.0. The number of nitrogens with one attached hydrogen (secondary N) is 1. The number of H-pyrrole nitrogens is 1. The van der Waals surface area contributed by atoms with Crippen molar-refractivity contribution in [3.63, 3.8) is 0 Å². The van der Waals surface area contributed by atoms with Gasteiger partial charge in [-0.3, -0.25) is 18.5 Å². The van der Waals surface area contributed by atoms with Gasteiger partial charge in [0.2, 0.25) is 5.82 Å². The first-order valence-corrected chi connectivity index (χ1v) is 15.8. The average molecular weight is 617 g/mol. The lowest BCUT2D eigenvalue weighted by Crippen LogP contribution is -2.67. The summed E-state index contributed by atoms with van der Waals surface area (Å²) in [6.45, 7) is 5.45. The van der Waals surface area contributed by atoms with Crippen molar-refractivity contribution in [2.24, 2.45) is 0 Å². The summed E-state index contributed by atoms with van der Waals surface area (Å²) in [5, 5.41) is 1.14. The fourth-order valence-corrected chi connectivity index (χ4v) is 10.2. The topological polar surface area (TPSA) is 117 Å². The van der Waals surface area contributed by atoms with Crippen LogP contribution < -0.4 is 21.6 Å². The van der Waals surface area contributed by atoms with Crippen LogP contribution in [0.3, 0.4) is 0 Å². The molecule has 0 radical (unpaired) electrons. The van der Waals surface area contributed by atoms with Crippen molar-refractivity contribution >= 4 is 28.8 Å². The van der Waals surface area contributed by atoms with Crippen LogP contribution >= 0.6 is 0 Å². The van der Waals surface area contributed by atoms with Gasteiger partial charge in [-0.05, 0) is 15.4 Å². The molecule has 0 amide bonds. The molecule has 15 heteroatoms. The minimum absolute atomic E-state index is 0.428. The SMILES string of the molecule is CC(C)(C)[Si](OC[C@H]1O[C@H](n2cc(F)c(=O)[nH]c2=O)C[C@@H]1OS(=O)(=O)C(F)(F)F)(c1ccccc1)c1ccccc1. The molecular formula is C26H28F4N2O7SSi. The van der Waals surface area contributed by atoms with Gasteiger partial charge in [-0.1, -0.05) is 81.4 Å². The van der Waals surface area contributed by atoms with E-state index < -0.39 is 77.5 Å². The number of hydrogen-bond acceptors (Lipinski definition) is 7. The molecule has 1 aliphatic heterocycles. The van der Waals surface area contributed by atoms with Crippen molar-refractivity contribution in [1.82, 2.24) is 9.55 Å². The average Bonchev–Trinajstić information content (AvgIpc) is 3.28. The Hall–Kier alpha value is -3.11. The molecule has 0 unspecified atom stereocenters. The summed E-state index contributed by atoms with van der Waals surface area (Å²) in [4.78, 5) is 25.6. The molecular weight excluding hydrogens is 588 g/mol. The molecule has 0 saturated carbocycles. The predicted octanol–water partition coefficient (Wildman–Crippen LogP) is 2.77. The van der Waals surface area contributed by atoms with Crippen molar-refractivity contribution in [2.45, 2.75) is 56.2 Å². The molecule has 1 saturated heterocycles. The molecule has 0 bridgehead atoms. The van der Waals surface area contributed by atoms with E-state index in [4.69, 9.17) is 9.16 Å². The molecule has 0 spiro atoms. The molecule has 2 aromatic carbocycles. The summed E-state index contributed by atoms with van der Waals surface area (Å²) in [5.74, 6) is -1.35. The van der Waals surface area contributed by atoms with Crippen LogP contribution in [0.25, 0.3) is 0 Å². The van der Waals surface area contributed by atoms with E-state index in [0.717, 1.165) is 10.4 Å². The second-order valence-electron chi connectivity index (χ2n) is 10.5. The Morgan fingerprint density at radius 2 is 1.54 bits per heavy atom. The van der Waals surface area contributed by atoms with Crippen molar-refractivity contribution < 1.29 is 39.3 Å². The van der Waals surface area contributed by atoms with Gasteiger partial charge in [-0.15, -0.1) is 0 Å². The first kappa shape index (κ1) is 30.8. The van der Waals surface area contributed by atoms with E-state index in [1.54, 1.807) is 4.98 Å². The summed E-state index contributed by atoms with van der Waals surface area (Å²) in [5.41, 5.74) is -8.13. The van der Waals surface area contributed by atoms with Gasteiger partial charge in [0, 0.05) is 6.42 Å². The van der Waals surface area contributed by atoms with E-state index in [9.17, 15) is 35.6 Å². The number of nitrogens with zero attached hydrogens (tertiary/aromatic N) is 1. The summed E-state index contributed by atoms with van der Waals surface area (Å²) in [6.07, 6.45) is -4.70. The zero-order valence-corrected chi connectivity index (χ0v) is 24.0. The number of aromatic nitrogens is 2. The Morgan fingerprint density at radius 1 is 1.00 bits per heavy atom. The van der Waals surface area contributed by atoms with Gasteiger partial charge >= 0.3 is 21.3 Å². The summed E-state index contributed by atoms with van der Waals surface area (Å²) in [6, 6.07) is 18.5. The Balaban J connectivity index is 1.76. The van der Waals surface area contributed by atoms with E-state index in [2.05, 4.69) is 4.18 Å². The number of alkyl halides is 3. The Bertz CT molecular complexity index is 1550. The predicted molar refractivity (Wildman–Crippen MR) is 143 cm³/mol. The summed E-state index contributed by atoms with van der Waals surface area (Å²) >= 11 is 0. The quantitative estimate of drug-likeness (QED) is 0.179. The van der Waals surface area contributed by atoms with E-state index in [0.29, 0.717) is 10.8 Å². The zero-order valence-electron chi connectivity index (χ0n) is 22.2. The number of halogens is 4. The van der Waals surface area contributed by atoms with Crippen LogP contribution in [0.2, 0.25) is 5.04 Å². The fourth-order valence-electron chi connectivity index (χ4n) is 4.98. The van der Waals surface area contributed by atoms with Crippen molar-refractivity contribution in [1.29, 1.82) is 0 Å². The van der Waals surface area contributed by atoms with Gasteiger partial charge in [0.1, 0.15) is 18.4 Å². The summed E-state index contributed by atoms with van der Waals surface area (Å²) in [7, 11) is -9.33. The zero-order chi connectivity index (χ0) is 30.2. The van der Waals surface area contributed by atoms with Crippen LogP contribution in [0.5, 0.6) is 0 Å². The van der Waals surface area contributed by atoms with Gasteiger partial charge in [0.05, 0.1) is 12.8 Å². The maximum atomic E-state index is 14.0. The minimum Gasteiger partial charge on any atom is -0.405 e. The molecule has 0 aliphatic carbocycles. The fraction of sp³-hybridized carbons (Fsp3) is 0.385. The smallest absolute Gasteiger partial charge is 0.405 e. The second-order valence-corrected chi connectivity index (χ2v) is 16.4. The van der Waals surface area contributed by atoms with Crippen molar-refractivity contribution in [3.05, 3.63) is 93.5 Å². The molecule has 2 heterocycles. The number of rotatable bonds is 8. The lowest BCUT2D eigenvalue weighted by Gasteiger charge is -2.43. The molecule has 222 valence electrons. The third kappa shape index (κ3) is 6.09. The number of hydrogen-bond donors (Lipinski definition) is 1. The summed E-state index contributed by atoms with van der Waals surface area (Å²) < 4.78 is 95.3.